The molecule has 0 aromatic heterocycles. The van der Waals surface area contributed by atoms with Crippen LogP contribution in [0.4, 0.5) is 10.1 Å². The van der Waals surface area contributed by atoms with Gasteiger partial charge in [-0.2, -0.15) is 0 Å². The Balaban J connectivity index is 1.59. The maximum atomic E-state index is 13.6. The van der Waals surface area contributed by atoms with Crippen molar-refractivity contribution < 1.29 is 9.18 Å². The molecule has 2 aliphatic rings. The molecule has 1 saturated heterocycles. The normalized spacial score (nSPS) is 21.7. The molecule has 1 atom stereocenters. The van der Waals surface area contributed by atoms with E-state index in [0.29, 0.717) is 6.54 Å². The quantitative estimate of drug-likeness (QED) is 0.586. The van der Waals surface area contributed by atoms with Crippen LogP contribution in [0, 0.1) is 11.2 Å². The third-order valence-corrected chi connectivity index (χ3v) is 6.17. The minimum absolute atomic E-state index is 0.202. The minimum Gasteiger partial charge on any atom is -0.369 e. The fourth-order valence-electron chi connectivity index (χ4n) is 4.64. The second-order valence-electron chi connectivity index (χ2n) is 8.52. The van der Waals surface area contributed by atoms with E-state index in [0.717, 1.165) is 63.3 Å². The molecule has 1 saturated carbocycles. The van der Waals surface area contributed by atoms with Gasteiger partial charge >= 0.3 is 0 Å². The van der Waals surface area contributed by atoms with E-state index in [-0.39, 0.29) is 23.2 Å². The van der Waals surface area contributed by atoms with Gasteiger partial charge in [-0.1, -0.05) is 18.9 Å². The highest BCUT2D eigenvalue weighted by molar-refractivity contribution is 5.85. The number of hydrogen-bond acceptors (Lipinski definition) is 3. The van der Waals surface area contributed by atoms with E-state index in [4.69, 9.17) is 0 Å². The predicted octanol–water partition coefficient (Wildman–Crippen LogP) is 2.61. The highest BCUT2D eigenvalue weighted by atomic mass is 19.1. The monoisotopic (exact) mass is 403 g/mol. The SMILES string of the molecule is CN=C(NCC1(C(=O)N(C)C)CCCC1)NC1CCCN(c2cccc(F)c2)C1. The number of halogens is 1. The first-order valence-electron chi connectivity index (χ1n) is 10.6. The lowest BCUT2D eigenvalue weighted by Crippen LogP contribution is -2.54. The number of carbonyl (C=O) groups is 1. The second-order valence-corrected chi connectivity index (χ2v) is 8.52. The number of rotatable bonds is 5. The molecule has 1 aromatic carbocycles. The van der Waals surface area contributed by atoms with Gasteiger partial charge in [-0.3, -0.25) is 9.79 Å². The van der Waals surface area contributed by atoms with E-state index in [1.807, 2.05) is 20.2 Å². The second kappa shape index (κ2) is 9.46. The zero-order valence-electron chi connectivity index (χ0n) is 17.9. The van der Waals surface area contributed by atoms with Crippen LogP contribution in [0.3, 0.4) is 0 Å². The molecule has 3 rings (SSSR count). The van der Waals surface area contributed by atoms with Crippen LogP contribution in [-0.2, 0) is 4.79 Å². The van der Waals surface area contributed by atoms with Crippen molar-refractivity contribution in [3.8, 4) is 0 Å². The van der Waals surface area contributed by atoms with Gasteiger partial charge in [0.05, 0.1) is 5.41 Å². The molecule has 0 bridgehead atoms. The highest BCUT2D eigenvalue weighted by Gasteiger charge is 2.42. The number of amides is 1. The average Bonchev–Trinajstić information content (AvgIpc) is 3.20. The lowest BCUT2D eigenvalue weighted by Gasteiger charge is -2.36. The lowest BCUT2D eigenvalue weighted by atomic mass is 9.84. The Kier molecular flexibility index (Phi) is 6.98. The van der Waals surface area contributed by atoms with Gasteiger partial charge in [0.25, 0.3) is 0 Å². The highest BCUT2D eigenvalue weighted by Crippen LogP contribution is 2.38. The zero-order chi connectivity index (χ0) is 20.9. The van der Waals surface area contributed by atoms with Crippen molar-refractivity contribution in [3.63, 3.8) is 0 Å². The van der Waals surface area contributed by atoms with Crippen LogP contribution in [0.1, 0.15) is 38.5 Å². The molecule has 1 aromatic rings. The summed E-state index contributed by atoms with van der Waals surface area (Å²) in [5, 5.41) is 6.92. The van der Waals surface area contributed by atoms with Crippen LogP contribution in [0.5, 0.6) is 0 Å². The Labute approximate surface area is 173 Å². The Morgan fingerprint density at radius 2 is 2.07 bits per heavy atom. The molecule has 160 valence electrons. The zero-order valence-corrected chi connectivity index (χ0v) is 17.9. The molecule has 2 fully saturated rings. The van der Waals surface area contributed by atoms with Crippen molar-refractivity contribution in [2.75, 3.05) is 45.7 Å². The standard InChI is InChI=1S/C22H34FN5O/c1-24-21(25-16-22(11-4-5-12-22)20(29)27(2)3)26-18-9-7-13-28(15-18)19-10-6-8-17(23)14-19/h6,8,10,14,18H,4-5,7,9,11-13,15-16H2,1-3H3,(H2,24,25,26). The van der Waals surface area contributed by atoms with Crippen molar-refractivity contribution in [1.82, 2.24) is 15.5 Å². The molecule has 1 amide bonds. The predicted molar refractivity (Wildman–Crippen MR) is 116 cm³/mol. The molecular formula is C22H34FN5O. The molecule has 1 aliphatic heterocycles. The fourth-order valence-corrected chi connectivity index (χ4v) is 4.64. The third-order valence-electron chi connectivity index (χ3n) is 6.17. The number of benzene rings is 1. The Bertz CT molecular complexity index is 730. The van der Waals surface area contributed by atoms with E-state index < -0.39 is 0 Å². The first kappa shape index (κ1) is 21.4. The van der Waals surface area contributed by atoms with Crippen molar-refractivity contribution in [2.45, 2.75) is 44.6 Å². The van der Waals surface area contributed by atoms with Crippen molar-refractivity contribution in [2.24, 2.45) is 10.4 Å². The van der Waals surface area contributed by atoms with Crippen LogP contribution in [-0.4, -0.2) is 63.6 Å². The Morgan fingerprint density at radius 3 is 2.72 bits per heavy atom. The van der Waals surface area contributed by atoms with Crippen molar-refractivity contribution in [3.05, 3.63) is 30.1 Å². The summed E-state index contributed by atoms with van der Waals surface area (Å²) in [6.07, 6.45) is 6.11. The van der Waals surface area contributed by atoms with Gasteiger partial charge in [0.2, 0.25) is 5.91 Å². The van der Waals surface area contributed by atoms with Crippen molar-refractivity contribution >= 4 is 17.6 Å². The minimum atomic E-state index is -0.332. The van der Waals surface area contributed by atoms with Gasteiger partial charge in [-0.05, 0) is 43.9 Å². The van der Waals surface area contributed by atoms with E-state index in [1.165, 1.54) is 6.07 Å². The fraction of sp³-hybridized carbons (Fsp3) is 0.636. The van der Waals surface area contributed by atoms with Gasteiger partial charge in [0, 0.05) is 52.5 Å². The molecule has 1 unspecified atom stereocenters. The smallest absolute Gasteiger partial charge is 0.230 e. The third kappa shape index (κ3) is 5.19. The average molecular weight is 404 g/mol. The summed E-state index contributed by atoms with van der Waals surface area (Å²) < 4.78 is 13.6. The van der Waals surface area contributed by atoms with E-state index in [2.05, 4.69) is 20.5 Å². The summed E-state index contributed by atoms with van der Waals surface area (Å²) >= 11 is 0. The number of nitrogens with zero attached hydrogens (tertiary/aromatic N) is 3. The van der Waals surface area contributed by atoms with E-state index in [9.17, 15) is 9.18 Å². The number of guanidine groups is 1. The maximum Gasteiger partial charge on any atom is 0.230 e. The molecule has 7 heteroatoms. The largest absolute Gasteiger partial charge is 0.369 e. The summed E-state index contributed by atoms with van der Waals surface area (Å²) in [6, 6.07) is 7.00. The molecule has 0 radical (unpaired) electrons. The van der Waals surface area contributed by atoms with E-state index >= 15 is 0 Å². The van der Waals surface area contributed by atoms with Crippen LogP contribution in [0.25, 0.3) is 0 Å². The summed E-state index contributed by atoms with van der Waals surface area (Å²) in [7, 11) is 5.43. The summed E-state index contributed by atoms with van der Waals surface area (Å²) in [4.78, 5) is 21.1. The molecular weight excluding hydrogens is 369 g/mol. The Hall–Kier alpha value is -2.31. The lowest BCUT2D eigenvalue weighted by molar-refractivity contribution is -0.138. The molecule has 6 nitrogen and oxygen atoms in total. The number of piperidine rings is 1. The van der Waals surface area contributed by atoms with Crippen LogP contribution >= 0.6 is 0 Å². The molecule has 29 heavy (non-hydrogen) atoms. The van der Waals surface area contributed by atoms with Gasteiger partial charge < -0.3 is 20.4 Å². The molecule has 0 spiro atoms. The summed E-state index contributed by atoms with van der Waals surface area (Å²) in [5.74, 6) is 0.726. The summed E-state index contributed by atoms with van der Waals surface area (Å²) in [6.45, 7) is 2.32. The molecule has 1 heterocycles. The maximum absolute atomic E-state index is 13.6. The van der Waals surface area contributed by atoms with Crippen LogP contribution in [0.2, 0.25) is 0 Å². The van der Waals surface area contributed by atoms with Crippen LogP contribution in [0.15, 0.2) is 29.3 Å². The Morgan fingerprint density at radius 1 is 1.31 bits per heavy atom. The number of nitrogens with one attached hydrogen (secondary N) is 2. The first-order valence-corrected chi connectivity index (χ1v) is 10.6. The number of aliphatic imine (C=N–C) groups is 1. The molecule has 2 N–H and O–H groups in total. The van der Waals surface area contributed by atoms with Crippen molar-refractivity contribution in [1.29, 1.82) is 0 Å². The molecule has 1 aliphatic carbocycles. The van der Waals surface area contributed by atoms with Gasteiger partial charge in [-0.25, -0.2) is 4.39 Å². The number of anilines is 1. The van der Waals surface area contributed by atoms with Gasteiger partial charge in [0.15, 0.2) is 5.96 Å². The number of hydrogen-bond donors (Lipinski definition) is 2. The number of carbonyl (C=O) groups excluding carboxylic acids is 1. The van der Waals surface area contributed by atoms with Gasteiger partial charge in [0.1, 0.15) is 5.82 Å². The topological polar surface area (TPSA) is 60.0 Å². The van der Waals surface area contributed by atoms with E-state index in [1.54, 1.807) is 24.1 Å². The summed E-state index contributed by atoms with van der Waals surface area (Å²) in [5.41, 5.74) is 0.585. The van der Waals surface area contributed by atoms with Crippen LogP contribution < -0.4 is 15.5 Å². The first-order chi connectivity index (χ1) is 13.9. The van der Waals surface area contributed by atoms with Gasteiger partial charge in [-0.15, -0.1) is 0 Å².